The van der Waals surface area contributed by atoms with E-state index in [0.717, 1.165) is 12.8 Å². The first kappa shape index (κ1) is 13.2. The third-order valence-electron chi connectivity index (χ3n) is 3.98. The second-order valence-corrected chi connectivity index (χ2v) is 5.61. The number of benzene rings is 2. The fourth-order valence-electron chi connectivity index (χ4n) is 2.87. The minimum absolute atomic E-state index is 0.0448. The first-order chi connectivity index (χ1) is 9.66. The molecule has 1 aliphatic rings. The van der Waals surface area contributed by atoms with E-state index in [1.807, 2.05) is 18.0 Å². The molecule has 2 aromatic carbocycles. The second-order valence-electron chi connectivity index (χ2n) is 5.18. The highest BCUT2D eigenvalue weighted by Crippen LogP contribution is 2.35. The van der Waals surface area contributed by atoms with Crippen LogP contribution in [0.3, 0.4) is 0 Å². The van der Waals surface area contributed by atoms with Crippen LogP contribution in [0.15, 0.2) is 48.5 Å². The average molecular weight is 286 g/mol. The van der Waals surface area contributed by atoms with Crippen molar-refractivity contribution in [1.82, 2.24) is 4.90 Å². The molecule has 1 amide bonds. The van der Waals surface area contributed by atoms with Gasteiger partial charge < -0.3 is 4.90 Å². The molecule has 0 N–H and O–H groups in total. The Kier molecular flexibility index (Phi) is 3.49. The molecule has 102 valence electrons. The summed E-state index contributed by atoms with van der Waals surface area (Å²) in [6, 6.07) is 15.6. The van der Waals surface area contributed by atoms with Crippen molar-refractivity contribution in [3.05, 3.63) is 70.2 Å². The molecule has 3 heteroatoms. The van der Waals surface area contributed by atoms with Crippen molar-refractivity contribution in [2.24, 2.45) is 0 Å². The molecule has 2 aromatic rings. The topological polar surface area (TPSA) is 20.3 Å². The molecule has 0 fully saturated rings. The molecule has 3 rings (SSSR count). The lowest BCUT2D eigenvalue weighted by atomic mass is 10.1. The minimum atomic E-state index is 0.0448. The standard InChI is InChI=1S/C17H16ClNO/c1-19(17(20)13-6-9-14(18)10-7-13)16-11-8-12-4-2-3-5-15(12)16/h2-7,9-10,16H,8,11H2,1H3. The zero-order valence-corrected chi connectivity index (χ0v) is 12.1. The number of aryl methyl sites for hydroxylation is 1. The minimum Gasteiger partial charge on any atom is -0.335 e. The maximum Gasteiger partial charge on any atom is 0.254 e. The Morgan fingerprint density at radius 1 is 1.15 bits per heavy atom. The lowest BCUT2D eigenvalue weighted by molar-refractivity contribution is 0.0730. The predicted molar refractivity (Wildman–Crippen MR) is 81.0 cm³/mol. The van der Waals surface area contributed by atoms with Gasteiger partial charge in [0.25, 0.3) is 5.91 Å². The summed E-state index contributed by atoms with van der Waals surface area (Å²) in [5.41, 5.74) is 3.31. The van der Waals surface area contributed by atoms with Gasteiger partial charge in [-0.1, -0.05) is 35.9 Å². The number of fused-ring (bicyclic) bond motifs is 1. The summed E-state index contributed by atoms with van der Waals surface area (Å²) >= 11 is 5.87. The normalized spacial score (nSPS) is 16.8. The molecule has 0 saturated carbocycles. The van der Waals surface area contributed by atoms with E-state index in [1.165, 1.54) is 11.1 Å². The monoisotopic (exact) mass is 285 g/mol. The van der Waals surface area contributed by atoms with E-state index >= 15 is 0 Å². The van der Waals surface area contributed by atoms with Crippen LogP contribution in [0.1, 0.15) is 33.9 Å². The van der Waals surface area contributed by atoms with E-state index in [-0.39, 0.29) is 11.9 Å². The van der Waals surface area contributed by atoms with Gasteiger partial charge in [0.05, 0.1) is 6.04 Å². The average Bonchev–Trinajstić information content (AvgIpc) is 2.90. The van der Waals surface area contributed by atoms with Crippen molar-refractivity contribution in [1.29, 1.82) is 0 Å². The summed E-state index contributed by atoms with van der Waals surface area (Å²) in [5, 5.41) is 0.649. The van der Waals surface area contributed by atoms with Crippen LogP contribution in [0.4, 0.5) is 0 Å². The fraction of sp³-hybridized carbons (Fsp3) is 0.235. The van der Waals surface area contributed by atoms with E-state index in [4.69, 9.17) is 11.6 Å². The molecular formula is C17H16ClNO. The van der Waals surface area contributed by atoms with E-state index in [9.17, 15) is 4.79 Å². The van der Waals surface area contributed by atoms with Crippen LogP contribution in [0.25, 0.3) is 0 Å². The third-order valence-corrected chi connectivity index (χ3v) is 4.23. The summed E-state index contributed by atoms with van der Waals surface area (Å²) in [6.07, 6.45) is 2.04. The molecule has 0 aliphatic heterocycles. The van der Waals surface area contributed by atoms with E-state index < -0.39 is 0 Å². The SMILES string of the molecule is CN(C(=O)c1ccc(Cl)cc1)C1CCc2ccccc21. The molecule has 0 heterocycles. The maximum absolute atomic E-state index is 12.5. The molecular weight excluding hydrogens is 270 g/mol. The van der Waals surface area contributed by atoms with Crippen molar-refractivity contribution >= 4 is 17.5 Å². The molecule has 1 atom stereocenters. The van der Waals surface area contributed by atoms with Crippen molar-refractivity contribution < 1.29 is 4.79 Å². The first-order valence-electron chi connectivity index (χ1n) is 6.77. The van der Waals surface area contributed by atoms with Gasteiger partial charge in [-0.05, 0) is 48.2 Å². The summed E-state index contributed by atoms with van der Waals surface area (Å²) in [5.74, 6) is 0.0448. The molecule has 2 nitrogen and oxygen atoms in total. The van der Waals surface area contributed by atoms with Crippen LogP contribution in [0, 0.1) is 0 Å². The number of hydrogen-bond donors (Lipinski definition) is 0. The Morgan fingerprint density at radius 3 is 2.60 bits per heavy atom. The molecule has 0 saturated heterocycles. The molecule has 20 heavy (non-hydrogen) atoms. The molecule has 0 aromatic heterocycles. The van der Waals surface area contributed by atoms with Crippen LogP contribution in [0.5, 0.6) is 0 Å². The first-order valence-corrected chi connectivity index (χ1v) is 7.15. The quantitative estimate of drug-likeness (QED) is 0.813. The van der Waals surface area contributed by atoms with E-state index in [0.29, 0.717) is 10.6 Å². The van der Waals surface area contributed by atoms with Crippen LogP contribution in [-0.2, 0) is 6.42 Å². The Hall–Kier alpha value is -1.80. The van der Waals surface area contributed by atoms with E-state index in [2.05, 4.69) is 18.2 Å². The van der Waals surface area contributed by atoms with Gasteiger partial charge in [0.15, 0.2) is 0 Å². The summed E-state index contributed by atoms with van der Waals surface area (Å²) < 4.78 is 0. The molecule has 0 bridgehead atoms. The lowest BCUT2D eigenvalue weighted by Gasteiger charge is -2.25. The second kappa shape index (κ2) is 5.29. The van der Waals surface area contributed by atoms with Crippen molar-refractivity contribution in [3.63, 3.8) is 0 Å². The van der Waals surface area contributed by atoms with Crippen LogP contribution in [-0.4, -0.2) is 17.9 Å². The summed E-state index contributed by atoms with van der Waals surface area (Å²) in [4.78, 5) is 14.4. The van der Waals surface area contributed by atoms with Crippen molar-refractivity contribution in [2.75, 3.05) is 7.05 Å². The molecule has 1 aliphatic carbocycles. The number of nitrogens with zero attached hydrogens (tertiary/aromatic N) is 1. The number of carbonyl (C=O) groups excluding carboxylic acids is 1. The lowest BCUT2D eigenvalue weighted by Crippen LogP contribution is -2.30. The van der Waals surface area contributed by atoms with Crippen molar-refractivity contribution in [2.45, 2.75) is 18.9 Å². The number of hydrogen-bond acceptors (Lipinski definition) is 1. The third kappa shape index (κ3) is 2.32. The number of rotatable bonds is 2. The summed E-state index contributed by atoms with van der Waals surface area (Å²) in [6.45, 7) is 0. The highest BCUT2D eigenvalue weighted by Gasteiger charge is 2.28. The highest BCUT2D eigenvalue weighted by molar-refractivity contribution is 6.30. The van der Waals surface area contributed by atoms with Gasteiger partial charge in [0.1, 0.15) is 0 Å². The molecule has 0 spiro atoms. The largest absolute Gasteiger partial charge is 0.335 e. The van der Waals surface area contributed by atoms with Crippen molar-refractivity contribution in [3.8, 4) is 0 Å². The zero-order chi connectivity index (χ0) is 14.1. The van der Waals surface area contributed by atoms with Crippen LogP contribution in [0.2, 0.25) is 5.02 Å². The van der Waals surface area contributed by atoms with Crippen LogP contribution >= 0.6 is 11.6 Å². The van der Waals surface area contributed by atoms with Gasteiger partial charge in [-0.2, -0.15) is 0 Å². The smallest absolute Gasteiger partial charge is 0.254 e. The van der Waals surface area contributed by atoms with Gasteiger partial charge in [-0.25, -0.2) is 0 Å². The summed E-state index contributed by atoms with van der Waals surface area (Å²) in [7, 11) is 1.88. The maximum atomic E-state index is 12.5. The van der Waals surface area contributed by atoms with Gasteiger partial charge in [-0.15, -0.1) is 0 Å². The fourth-order valence-corrected chi connectivity index (χ4v) is 3.00. The number of carbonyl (C=O) groups is 1. The highest BCUT2D eigenvalue weighted by atomic mass is 35.5. The number of amides is 1. The van der Waals surface area contributed by atoms with Gasteiger partial charge in [0, 0.05) is 17.6 Å². The Morgan fingerprint density at radius 2 is 1.85 bits per heavy atom. The Bertz CT molecular complexity index is 636. The molecule has 0 radical (unpaired) electrons. The Balaban J connectivity index is 1.85. The van der Waals surface area contributed by atoms with Gasteiger partial charge in [0.2, 0.25) is 0 Å². The predicted octanol–water partition coefficient (Wildman–Crippen LogP) is 4.10. The molecule has 1 unspecified atom stereocenters. The van der Waals surface area contributed by atoms with Gasteiger partial charge >= 0.3 is 0 Å². The zero-order valence-electron chi connectivity index (χ0n) is 11.3. The Labute approximate surface area is 124 Å². The van der Waals surface area contributed by atoms with Gasteiger partial charge in [-0.3, -0.25) is 4.79 Å². The van der Waals surface area contributed by atoms with Crippen LogP contribution < -0.4 is 0 Å². The van der Waals surface area contributed by atoms with E-state index in [1.54, 1.807) is 24.3 Å². The number of halogens is 1.